The average Bonchev–Trinajstić information content (AvgIpc) is 3.29. The van der Waals surface area contributed by atoms with Crippen molar-refractivity contribution < 1.29 is 9.59 Å². The molecule has 2 amide bonds. The molecule has 1 N–H and O–H groups in total. The summed E-state index contributed by atoms with van der Waals surface area (Å²) in [5.41, 5.74) is 1.73. The van der Waals surface area contributed by atoms with Gasteiger partial charge in [-0.15, -0.1) is 0 Å². The van der Waals surface area contributed by atoms with E-state index >= 15 is 0 Å². The van der Waals surface area contributed by atoms with Gasteiger partial charge in [-0.05, 0) is 30.3 Å². The zero-order valence-corrected chi connectivity index (χ0v) is 17.1. The predicted molar refractivity (Wildman–Crippen MR) is 115 cm³/mol. The number of carbonyl (C=O) groups excluding carboxylic acids is 2. The number of carbonyl (C=O) groups is 2. The molecule has 0 spiro atoms. The zero-order chi connectivity index (χ0) is 20.9. The Morgan fingerprint density at radius 2 is 1.83 bits per heavy atom. The Labute approximate surface area is 179 Å². The Morgan fingerprint density at radius 3 is 2.53 bits per heavy atom. The number of fused-ring (bicyclic) bond motifs is 3. The van der Waals surface area contributed by atoms with Crippen LogP contribution in [0.1, 0.15) is 31.8 Å². The van der Waals surface area contributed by atoms with Crippen molar-refractivity contribution in [2.24, 2.45) is 0 Å². The average molecular weight is 419 g/mol. The maximum absolute atomic E-state index is 13.7. The fourth-order valence-electron chi connectivity index (χ4n) is 4.55. The molecule has 1 aromatic heterocycles. The van der Waals surface area contributed by atoms with Crippen LogP contribution in [0.25, 0.3) is 0 Å². The van der Waals surface area contributed by atoms with Crippen LogP contribution < -0.4 is 5.32 Å². The molecule has 1 unspecified atom stereocenters. The smallest absolute Gasteiger partial charge is 0.257 e. The summed E-state index contributed by atoms with van der Waals surface area (Å²) < 4.78 is 0. The van der Waals surface area contributed by atoms with Crippen LogP contribution >= 0.6 is 11.6 Å². The fourth-order valence-corrected chi connectivity index (χ4v) is 4.68. The van der Waals surface area contributed by atoms with Gasteiger partial charge in [0.1, 0.15) is 5.82 Å². The van der Waals surface area contributed by atoms with Gasteiger partial charge in [0, 0.05) is 48.0 Å². The highest BCUT2D eigenvalue weighted by Crippen LogP contribution is 2.50. The van der Waals surface area contributed by atoms with E-state index < -0.39 is 5.66 Å². The van der Waals surface area contributed by atoms with Gasteiger partial charge in [-0.3, -0.25) is 9.59 Å². The van der Waals surface area contributed by atoms with Crippen LogP contribution in [-0.2, 0) is 5.66 Å². The monoisotopic (exact) mass is 418 g/mol. The van der Waals surface area contributed by atoms with E-state index in [0.717, 1.165) is 11.1 Å². The molecule has 3 heterocycles. The first kappa shape index (κ1) is 18.6. The molecule has 1 atom stereocenters. The van der Waals surface area contributed by atoms with E-state index in [1.54, 1.807) is 47.3 Å². The molecule has 150 valence electrons. The molecule has 6 nitrogen and oxygen atoms in total. The third-order valence-electron chi connectivity index (χ3n) is 5.87. The highest BCUT2D eigenvalue weighted by molar-refractivity contribution is 6.30. The van der Waals surface area contributed by atoms with Crippen molar-refractivity contribution in [1.82, 2.24) is 14.8 Å². The van der Waals surface area contributed by atoms with E-state index in [4.69, 9.17) is 11.6 Å². The summed E-state index contributed by atoms with van der Waals surface area (Å²) in [6.07, 6.45) is 1.56. The summed E-state index contributed by atoms with van der Waals surface area (Å²) in [7, 11) is 1.78. The van der Waals surface area contributed by atoms with Crippen LogP contribution in [0, 0.1) is 0 Å². The number of amides is 2. The molecule has 5 rings (SSSR count). The summed E-state index contributed by atoms with van der Waals surface area (Å²) >= 11 is 6.14. The van der Waals surface area contributed by atoms with Crippen molar-refractivity contribution in [2.75, 3.05) is 25.5 Å². The number of anilines is 1. The molecule has 0 saturated carbocycles. The highest BCUT2D eigenvalue weighted by Gasteiger charge is 2.59. The lowest BCUT2D eigenvalue weighted by Crippen LogP contribution is -2.51. The molecule has 1 saturated heterocycles. The lowest BCUT2D eigenvalue weighted by atomic mass is 9.89. The zero-order valence-electron chi connectivity index (χ0n) is 16.3. The Balaban J connectivity index is 1.70. The van der Waals surface area contributed by atoms with Gasteiger partial charge >= 0.3 is 0 Å². The van der Waals surface area contributed by atoms with Gasteiger partial charge < -0.3 is 15.1 Å². The summed E-state index contributed by atoms with van der Waals surface area (Å²) in [6, 6.07) is 18.4. The molecule has 2 aliphatic rings. The minimum absolute atomic E-state index is 0.0699. The Kier molecular flexibility index (Phi) is 4.25. The number of aromatic nitrogens is 1. The van der Waals surface area contributed by atoms with Gasteiger partial charge in [0.05, 0.1) is 5.56 Å². The standard InChI is InChI=1S/C23H19ClN4O2/c1-25-20-11-6-15(14-26-20)21(29)27-12-13-28-22(30)18-4-2-3-5-19(18)23(27,28)16-7-9-17(24)10-8-16/h2-11,14H,12-13H2,1H3,(H,25,26). The van der Waals surface area contributed by atoms with Crippen molar-refractivity contribution in [3.8, 4) is 0 Å². The molecule has 7 heteroatoms. The molecule has 30 heavy (non-hydrogen) atoms. The normalized spacial score (nSPS) is 19.6. The molecule has 3 aromatic rings. The van der Waals surface area contributed by atoms with E-state index in [0.29, 0.717) is 35.1 Å². The predicted octanol–water partition coefficient (Wildman–Crippen LogP) is 3.59. The van der Waals surface area contributed by atoms with Crippen LogP contribution in [0.2, 0.25) is 5.02 Å². The van der Waals surface area contributed by atoms with Crippen LogP contribution in [0.4, 0.5) is 5.82 Å². The Morgan fingerprint density at radius 1 is 1.07 bits per heavy atom. The highest BCUT2D eigenvalue weighted by atomic mass is 35.5. The van der Waals surface area contributed by atoms with Crippen LogP contribution in [0.15, 0.2) is 66.9 Å². The van der Waals surface area contributed by atoms with Gasteiger partial charge in [0.15, 0.2) is 5.66 Å². The fraction of sp³-hybridized carbons (Fsp3) is 0.174. The van der Waals surface area contributed by atoms with Gasteiger partial charge in [0.25, 0.3) is 11.8 Å². The first-order chi connectivity index (χ1) is 14.6. The van der Waals surface area contributed by atoms with Crippen molar-refractivity contribution in [2.45, 2.75) is 5.66 Å². The number of hydrogen-bond acceptors (Lipinski definition) is 4. The van der Waals surface area contributed by atoms with Gasteiger partial charge in [-0.2, -0.15) is 0 Å². The number of benzene rings is 2. The summed E-state index contributed by atoms with van der Waals surface area (Å²) in [6.45, 7) is 0.874. The molecule has 0 bridgehead atoms. The number of rotatable bonds is 3. The van der Waals surface area contributed by atoms with E-state index in [2.05, 4.69) is 10.3 Å². The van der Waals surface area contributed by atoms with E-state index in [1.165, 1.54) is 0 Å². The molecule has 0 aliphatic carbocycles. The third-order valence-corrected chi connectivity index (χ3v) is 6.12. The van der Waals surface area contributed by atoms with Gasteiger partial charge in [-0.25, -0.2) is 4.98 Å². The van der Waals surface area contributed by atoms with Crippen molar-refractivity contribution in [3.63, 3.8) is 0 Å². The SMILES string of the molecule is CNc1ccc(C(=O)N2CCN3C(=O)c4ccccc4C23c2ccc(Cl)cc2)cn1. The molecule has 2 aromatic carbocycles. The van der Waals surface area contributed by atoms with E-state index in [9.17, 15) is 9.59 Å². The molecular formula is C23H19ClN4O2. The molecule has 1 fully saturated rings. The minimum Gasteiger partial charge on any atom is -0.373 e. The number of pyridine rings is 1. The molecule has 0 radical (unpaired) electrons. The number of nitrogens with zero attached hydrogens (tertiary/aromatic N) is 3. The largest absolute Gasteiger partial charge is 0.373 e. The Hall–Kier alpha value is -3.38. The van der Waals surface area contributed by atoms with Crippen molar-refractivity contribution in [3.05, 3.63) is 94.1 Å². The van der Waals surface area contributed by atoms with Gasteiger partial charge in [-0.1, -0.05) is 41.9 Å². The van der Waals surface area contributed by atoms with E-state index in [1.807, 2.05) is 36.4 Å². The van der Waals surface area contributed by atoms with Crippen molar-refractivity contribution >= 4 is 29.2 Å². The van der Waals surface area contributed by atoms with Crippen molar-refractivity contribution in [1.29, 1.82) is 0 Å². The second kappa shape index (κ2) is 6.85. The van der Waals surface area contributed by atoms with Crippen LogP contribution in [0.5, 0.6) is 0 Å². The Bertz CT molecular complexity index is 1150. The minimum atomic E-state index is -1.00. The first-order valence-corrected chi connectivity index (χ1v) is 10.1. The topological polar surface area (TPSA) is 65.5 Å². The second-order valence-electron chi connectivity index (χ2n) is 7.32. The summed E-state index contributed by atoms with van der Waals surface area (Å²) in [4.78, 5) is 34.8. The third kappa shape index (κ3) is 2.47. The number of halogens is 1. The lowest BCUT2D eigenvalue weighted by Gasteiger charge is -2.40. The number of hydrogen-bond donors (Lipinski definition) is 1. The maximum atomic E-state index is 13.7. The number of nitrogens with one attached hydrogen (secondary N) is 1. The van der Waals surface area contributed by atoms with Crippen LogP contribution in [0.3, 0.4) is 0 Å². The molecular weight excluding hydrogens is 400 g/mol. The van der Waals surface area contributed by atoms with Crippen LogP contribution in [-0.4, -0.2) is 46.7 Å². The maximum Gasteiger partial charge on any atom is 0.257 e. The molecule has 2 aliphatic heterocycles. The second-order valence-corrected chi connectivity index (χ2v) is 7.76. The summed E-state index contributed by atoms with van der Waals surface area (Å²) in [5.74, 6) is 0.440. The summed E-state index contributed by atoms with van der Waals surface area (Å²) in [5, 5.41) is 3.55. The quantitative estimate of drug-likeness (QED) is 0.706. The van der Waals surface area contributed by atoms with E-state index in [-0.39, 0.29) is 11.8 Å². The first-order valence-electron chi connectivity index (χ1n) is 9.70. The van der Waals surface area contributed by atoms with Gasteiger partial charge in [0.2, 0.25) is 0 Å². The lowest BCUT2D eigenvalue weighted by molar-refractivity contribution is 0.0375.